The maximum atomic E-state index is 4.42. The summed E-state index contributed by atoms with van der Waals surface area (Å²) in [5, 5.41) is 1.46. The highest BCUT2D eigenvalue weighted by atomic mass is 32.2. The number of hydrogen-bond donors (Lipinski definition) is 2. The molecule has 0 aliphatic carbocycles. The Labute approximate surface area is 147 Å². The van der Waals surface area contributed by atoms with Crippen LogP contribution >= 0.6 is 83.6 Å². The predicted octanol–water partition coefficient (Wildman–Crippen LogP) is 5.30. The minimum Gasteiger partial charge on any atom is -0.178 e. The van der Waals surface area contributed by atoms with Gasteiger partial charge in [0.05, 0.1) is 9.16 Å². The van der Waals surface area contributed by atoms with Gasteiger partial charge in [0.2, 0.25) is 0 Å². The van der Waals surface area contributed by atoms with Crippen LogP contribution in [0.3, 0.4) is 0 Å². The van der Waals surface area contributed by atoms with Crippen molar-refractivity contribution in [1.82, 2.24) is 0 Å². The minimum absolute atomic E-state index is 0.646. The fourth-order valence-electron chi connectivity index (χ4n) is 2.01. The smallest absolute Gasteiger partial charge is 0.0847 e. The van der Waals surface area contributed by atoms with Gasteiger partial charge in [-0.25, -0.2) is 0 Å². The molecule has 2 fully saturated rings. The van der Waals surface area contributed by atoms with E-state index in [1.165, 1.54) is 11.5 Å². The van der Waals surface area contributed by atoms with E-state index in [0.29, 0.717) is 9.16 Å². The zero-order chi connectivity index (χ0) is 13.2. The van der Waals surface area contributed by atoms with E-state index < -0.39 is 0 Å². The van der Waals surface area contributed by atoms with Crippen LogP contribution in [0, 0.1) is 0 Å². The molecule has 2 aliphatic heterocycles. The quantitative estimate of drug-likeness (QED) is 0.675. The fraction of sp³-hybridized carbons (Fsp3) is 0.667. The van der Waals surface area contributed by atoms with Crippen molar-refractivity contribution in [3.05, 3.63) is 21.9 Å². The Morgan fingerprint density at radius 1 is 0.895 bits per heavy atom. The fourth-order valence-corrected chi connectivity index (χ4v) is 11.1. The van der Waals surface area contributed by atoms with Crippen LogP contribution in [0.1, 0.15) is 18.9 Å². The lowest BCUT2D eigenvalue weighted by atomic mass is 10.4. The molecule has 0 bridgehead atoms. The van der Waals surface area contributed by atoms with Crippen LogP contribution in [0.4, 0.5) is 0 Å². The summed E-state index contributed by atoms with van der Waals surface area (Å²) in [4.78, 5) is 3.09. The van der Waals surface area contributed by atoms with Crippen molar-refractivity contribution in [3.63, 3.8) is 0 Å². The van der Waals surface area contributed by atoms with Crippen molar-refractivity contribution in [2.24, 2.45) is 0 Å². The van der Waals surface area contributed by atoms with E-state index >= 15 is 0 Å². The van der Waals surface area contributed by atoms with Gasteiger partial charge in [-0.05, 0) is 12.1 Å². The molecule has 4 atom stereocenters. The lowest BCUT2D eigenvalue weighted by Gasteiger charge is -2.08. The van der Waals surface area contributed by atoms with E-state index in [-0.39, 0.29) is 0 Å². The Morgan fingerprint density at radius 2 is 1.37 bits per heavy atom. The van der Waals surface area contributed by atoms with Crippen molar-refractivity contribution in [1.29, 1.82) is 0 Å². The standard InChI is InChI=1S/C12H16S7/c13-3-7-5-15-11(17-7)9-1-2-10(19-9)12-16-6-8(4-14)18-12/h1-2,7-8,11-14H,3-6H2. The van der Waals surface area contributed by atoms with Gasteiger partial charge in [0.1, 0.15) is 0 Å². The molecular formula is C12H16S7. The first-order valence-electron chi connectivity index (χ1n) is 6.15. The molecule has 0 saturated carbocycles. The van der Waals surface area contributed by atoms with Gasteiger partial charge in [0, 0.05) is 43.3 Å². The zero-order valence-corrected chi connectivity index (χ0v) is 16.1. The molecular weight excluding hydrogens is 369 g/mol. The van der Waals surface area contributed by atoms with E-state index in [1.807, 2.05) is 11.3 Å². The molecule has 0 nitrogen and oxygen atoms in total. The molecule has 0 spiro atoms. The Morgan fingerprint density at radius 3 is 1.74 bits per heavy atom. The van der Waals surface area contributed by atoms with E-state index in [4.69, 9.17) is 0 Å². The van der Waals surface area contributed by atoms with E-state index in [0.717, 1.165) is 22.0 Å². The molecule has 3 heterocycles. The normalized spacial score (nSPS) is 35.1. The van der Waals surface area contributed by atoms with Gasteiger partial charge in [-0.2, -0.15) is 25.3 Å². The molecule has 0 radical (unpaired) electrons. The molecule has 0 N–H and O–H groups in total. The third-order valence-corrected chi connectivity index (χ3v) is 12.9. The zero-order valence-electron chi connectivity index (χ0n) is 10.2. The summed E-state index contributed by atoms with van der Waals surface area (Å²) in [7, 11) is 0. The van der Waals surface area contributed by atoms with Gasteiger partial charge in [-0.15, -0.1) is 58.4 Å². The molecule has 106 valence electrons. The number of thiophene rings is 1. The predicted molar refractivity (Wildman–Crippen MR) is 105 cm³/mol. The first-order valence-corrected chi connectivity index (χ1v) is 12.2. The highest BCUT2D eigenvalue weighted by Crippen LogP contribution is 2.55. The SMILES string of the molecule is SCC1CSC(c2ccc(C3SCC(CS)S3)s2)S1. The topological polar surface area (TPSA) is 0 Å². The number of thiol groups is 2. The van der Waals surface area contributed by atoms with E-state index in [9.17, 15) is 0 Å². The second-order valence-electron chi connectivity index (χ2n) is 4.45. The summed E-state index contributed by atoms with van der Waals surface area (Å²) >= 11 is 19.2. The number of thioether (sulfide) groups is 4. The maximum absolute atomic E-state index is 4.42. The first kappa shape index (κ1) is 15.7. The van der Waals surface area contributed by atoms with Gasteiger partial charge >= 0.3 is 0 Å². The van der Waals surface area contributed by atoms with Crippen LogP contribution in [0.2, 0.25) is 0 Å². The summed E-state index contributed by atoms with van der Waals surface area (Å²) < 4.78 is 1.29. The van der Waals surface area contributed by atoms with Crippen molar-refractivity contribution < 1.29 is 0 Å². The molecule has 0 aromatic carbocycles. The van der Waals surface area contributed by atoms with Gasteiger partial charge in [0.25, 0.3) is 0 Å². The van der Waals surface area contributed by atoms with Crippen LogP contribution in [-0.4, -0.2) is 33.5 Å². The Kier molecular flexibility index (Phi) is 6.09. The summed E-state index contributed by atoms with van der Waals surface area (Å²) in [6.45, 7) is 0. The second-order valence-corrected chi connectivity index (χ2v) is 12.0. The highest BCUT2D eigenvalue weighted by Gasteiger charge is 2.30. The summed E-state index contributed by atoms with van der Waals surface area (Å²) in [6.07, 6.45) is 0. The monoisotopic (exact) mass is 384 g/mol. The number of hydrogen-bond acceptors (Lipinski definition) is 7. The molecule has 3 rings (SSSR count). The highest BCUT2D eigenvalue weighted by molar-refractivity contribution is 8.20. The van der Waals surface area contributed by atoms with Crippen LogP contribution in [0.25, 0.3) is 0 Å². The molecule has 2 saturated heterocycles. The summed E-state index contributed by atoms with van der Waals surface area (Å²) in [6, 6.07) is 4.70. The summed E-state index contributed by atoms with van der Waals surface area (Å²) in [5.74, 6) is 4.51. The molecule has 19 heavy (non-hydrogen) atoms. The minimum atomic E-state index is 0.646. The van der Waals surface area contributed by atoms with Crippen molar-refractivity contribution >= 4 is 83.6 Å². The average molecular weight is 385 g/mol. The second kappa shape index (κ2) is 7.38. The van der Waals surface area contributed by atoms with Crippen molar-refractivity contribution in [2.45, 2.75) is 19.7 Å². The molecule has 1 aromatic rings. The lowest BCUT2D eigenvalue weighted by Crippen LogP contribution is -2.01. The van der Waals surface area contributed by atoms with Gasteiger partial charge < -0.3 is 0 Å². The largest absolute Gasteiger partial charge is 0.178 e. The Hall–Kier alpha value is 1.80. The third kappa shape index (κ3) is 3.77. The average Bonchev–Trinajstić information content (AvgIpc) is 3.16. The van der Waals surface area contributed by atoms with Crippen LogP contribution < -0.4 is 0 Å². The van der Waals surface area contributed by atoms with E-state index in [1.54, 1.807) is 9.75 Å². The van der Waals surface area contributed by atoms with Crippen LogP contribution in [0.5, 0.6) is 0 Å². The van der Waals surface area contributed by atoms with E-state index in [2.05, 4.69) is 84.4 Å². The van der Waals surface area contributed by atoms with Gasteiger partial charge in [-0.1, -0.05) is 0 Å². The molecule has 4 unspecified atom stereocenters. The van der Waals surface area contributed by atoms with Crippen LogP contribution in [0.15, 0.2) is 12.1 Å². The van der Waals surface area contributed by atoms with Crippen LogP contribution in [-0.2, 0) is 0 Å². The molecule has 7 heteroatoms. The van der Waals surface area contributed by atoms with Crippen molar-refractivity contribution in [3.8, 4) is 0 Å². The lowest BCUT2D eigenvalue weighted by molar-refractivity contribution is 1.17. The Balaban J connectivity index is 1.64. The summed E-state index contributed by atoms with van der Waals surface area (Å²) in [5.41, 5.74) is 0. The van der Waals surface area contributed by atoms with Crippen molar-refractivity contribution in [2.75, 3.05) is 23.0 Å². The number of rotatable bonds is 4. The Bertz CT molecular complexity index is 381. The molecule has 1 aromatic heterocycles. The molecule has 0 amide bonds. The van der Waals surface area contributed by atoms with Gasteiger partial charge in [0.15, 0.2) is 0 Å². The first-order chi connectivity index (χ1) is 9.30. The molecule has 2 aliphatic rings. The maximum Gasteiger partial charge on any atom is 0.0847 e. The van der Waals surface area contributed by atoms with Gasteiger partial charge in [-0.3, -0.25) is 0 Å². The third-order valence-electron chi connectivity index (χ3n) is 3.02.